The number of benzene rings is 2. The quantitative estimate of drug-likeness (QED) is 0.909. The summed E-state index contributed by atoms with van der Waals surface area (Å²) < 4.78 is 31.6. The van der Waals surface area contributed by atoms with Crippen molar-refractivity contribution in [1.29, 1.82) is 0 Å². The van der Waals surface area contributed by atoms with Crippen LogP contribution in [0, 0.1) is 11.6 Å². The second-order valence-corrected chi connectivity index (χ2v) is 4.36. The van der Waals surface area contributed by atoms with Crippen molar-refractivity contribution in [2.45, 2.75) is 0 Å². The second-order valence-electron chi connectivity index (χ2n) is 4.36. The first-order valence-electron chi connectivity index (χ1n) is 6.16. The fraction of sp³-hybridized carbons (Fsp3) is 0.0667. The van der Waals surface area contributed by atoms with Gasteiger partial charge in [0, 0.05) is 5.69 Å². The van der Waals surface area contributed by atoms with E-state index in [2.05, 4.69) is 5.32 Å². The van der Waals surface area contributed by atoms with Crippen LogP contribution in [0.1, 0.15) is 20.7 Å². The minimum atomic E-state index is -0.961. The minimum absolute atomic E-state index is 0.0348. The fourth-order valence-corrected chi connectivity index (χ4v) is 1.85. The maximum atomic E-state index is 13.4. The first-order chi connectivity index (χ1) is 10.4. The van der Waals surface area contributed by atoms with Gasteiger partial charge >= 0.3 is 0 Å². The highest BCUT2D eigenvalue weighted by atomic mass is 19.1. The maximum absolute atomic E-state index is 13.4. The Balaban J connectivity index is 2.31. The van der Waals surface area contributed by atoms with Gasteiger partial charge in [-0.3, -0.25) is 9.59 Å². The molecule has 2 aromatic rings. The van der Waals surface area contributed by atoms with Crippen molar-refractivity contribution in [2.24, 2.45) is 5.73 Å². The molecule has 0 atom stereocenters. The van der Waals surface area contributed by atoms with Gasteiger partial charge in [-0.2, -0.15) is 0 Å². The van der Waals surface area contributed by atoms with E-state index in [1.54, 1.807) is 0 Å². The van der Waals surface area contributed by atoms with Gasteiger partial charge in [-0.1, -0.05) is 0 Å². The number of primary amides is 1. The number of hydrogen-bond acceptors (Lipinski definition) is 3. The number of nitrogens with one attached hydrogen (secondary N) is 1. The summed E-state index contributed by atoms with van der Waals surface area (Å²) >= 11 is 0. The van der Waals surface area contributed by atoms with Gasteiger partial charge < -0.3 is 15.8 Å². The van der Waals surface area contributed by atoms with E-state index in [0.717, 1.165) is 24.3 Å². The van der Waals surface area contributed by atoms with Crippen LogP contribution in [0.2, 0.25) is 0 Å². The topological polar surface area (TPSA) is 81.4 Å². The highest BCUT2D eigenvalue weighted by Crippen LogP contribution is 2.21. The number of carbonyl (C=O) groups is 2. The van der Waals surface area contributed by atoms with Gasteiger partial charge in [-0.15, -0.1) is 0 Å². The highest BCUT2D eigenvalue weighted by Gasteiger charge is 2.15. The van der Waals surface area contributed by atoms with Crippen molar-refractivity contribution in [3.8, 4) is 5.75 Å². The van der Waals surface area contributed by atoms with E-state index >= 15 is 0 Å². The molecule has 0 heterocycles. The summed E-state index contributed by atoms with van der Waals surface area (Å²) in [7, 11) is 1.34. The zero-order valence-corrected chi connectivity index (χ0v) is 11.5. The Morgan fingerprint density at radius 3 is 2.45 bits per heavy atom. The van der Waals surface area contributed by atoms with Gasteiger partial charge in [0.05, 0.1) is 18.2 Å². The van der Waals surface area contributed by atoms with Crippen molar-refractivity contribution in [3.63, 3.8) is 0 Å². The molecule has 114 valence electrons. The molecule has 0 aliphatic carbocycles. The molecule has 2 aromatic carbocycles. The lowest BCUT2D eigenvalue weighted by Gasteiger charge is -2.10. The van der Waals surface area contributed by atoms with E-state index in [1.165, 1.54) is 19.2 Å². The number of methoxy groups -OCH3 is 1. The van der Waals surface area contributed by atoms with Gasteiger partial charge in [0.15, 0.2) is 0 Å². The number of rotatable bonds is 4. The SMILES string of the molecule is COc1ccc(F)cc1C(=O)Nc1ccc(F)c(C(N)=O)c1. The number of nitrogens with two attached hydrogens (primary N) is 1. The molecule has 22 heavy (non-hydrogen) atoms. The summed E-state index contributed by atoms with van der Waals surface area (Å²) in [4.78, 5) is 23.2. The molecular weight excluding hydrogens is 294 g/mol. The zero-order valence-electron chi connectivity index (χ0n) is 11.5. The van der Waals surface area contributed by atoms with Crippen molar-refractivity contribution in [1.82, 2.24) is 0 Å². The predicted molar refractivity (Wildman–Crippen MR) is 75.8 cm³/mol. The molecule has 0 aromatic heterocycles. The van der Waals surface area contributed by atoms with Crippen molar-refractivity contribution in [3.05, 3.63) is 59.2 Å². The molecule has 0 bridgehead atoms. The number of ether oxygens (including phenoxy) is 1. The van der Waals surface area contributed by atoms with Gasteiger partial charge in [0.2, 0.25) is 0 Å². The first kappa shape index (κ1) is 15.4. The summed E-state index contributed by atoms with van der Waals surface area (Å²) in [5, 5.41) is 2.42. The smallest absolute Gasteiger partial charge is 0.259 e. The third-order valence-electron chi connectivity index (χ3n) is 2.90. The second kappa shape index (κ2) is 6.21. The molecule has 2 rings (SSSR count). The van der Waals surface area contributed by atoms with Crippen LogP contribution in [0.25, 0.3) is 0 Å². The van der Waals surface area contributed by atoms with Gasteiger partial charge in [-0.25, -0.2) is 8.78 Å². The lowest BCUT2D eigenvalue weighted by molar-refractivity contribution is 0.0992. The summed E-state index contributed by atoms with van der Waals surface area (Å²) in [5.74, 6) is -2.86. The van der Waals surface area contributed by atoms with E-state index in [9.17, 15) is 18.4 Å². The number of hydrogen-bond donors (Lipinski definition) is 2. The Morgan fingerprint density at radius 2 is 1.82 bits per heavy atom. The summed E-state index contributed by atoms with van der Waals surface area (Å²) in [6, 6.07) is 6.82. The molecule has 0 saturated heterocycles. The lowest BCUT2D eigenvalue weighted by Crippen LogP contribution is -2.16. The van der Waals surface area contributed by atoms with Crippen molar-refractivity contribution >= 4 is 17.5 Å². The fourth-order valence-electron chi connectivity index (χ4n) is 1.85. The van der Waals surface area contributed by atoms with Crippen molar-refractivity contribution in [2.75, 3.05) is 12.4 Å². The van der Waals surface area contributed by atoms with E-state index < -0.39 is 23.4 Å². The number of carbonyl (C=O) groups excluding carboxylic acids is 2. The third-order valence-corrected chi connectivity index (χ3v) is 2.90. The number of halogens is 2. The summed E-state index contributed by atoms with van der Waals surface area (Å²) in [5.41, 5.74) is 4.78. The molecule has 5 nitrogen and oxygen atoms in total. The predicted octanol–water partition coefficient (Wildman–Crippen LogP) is 2.32. The van der Waals surface area contributed by atoms with Crippen LogP contribution in [0.4, 0.5) is 14.5 Å². The monoisotopic (exact) mass is 306 g/mol. The molecule has 0 aliphatic heterocycles. The van der Waals surface area contributed by atoms with E-state index in [1.807, 2.05) is 0 Å². The Labute approximate surface area is 124 Å². The lowest BCUT2D eigenvalue weighted by atomic mass is 10.1. The molecule has 0 aliphatic rings. The standard InChI is InChI=1S/C15H12F2N2O3/c1-22-13-5-2-8(16)6-11(13)15(21)19-9-3-4-12(17)10(7-9)14(18)20/h2-7H,1H3,(H2,18,20)(H,19,21). The molecule has 3 N–H and O–H groups in total. The van der Waals surface area contributed by atoms with Crippen molar-refractivity contribution < 1.29 is 23.1 Å². The van der Waals surface area contributed by atoms with E-state index in [-0.39, 0.29) is 22.6 Å². The first-order valence-corrected chi connectivity index (χ1v) is 6.16. The third kappa shape index (κ3) is 3.20. The number of amides is 2. The number of anilines is 1. The van der Waals surface area contributed by atoms with Gasteiger partial charge in [-0.05, 0) is 36.4 Å². The minimum Gasteiger partial charge on any atom is -0.496 e. The Hall–Kier alpha value is -2.96. The van der Waals surface area contributed by atoms with Crippen LogP contribution in [0.5, 0.6) is 5.75 Å². The molecule has 0 spiro atoms. The largest absolute Gasteiger partial charge is 0.496 e. The van der Waals surface area contributed by atoms with Crippen LogP contribution in [0.15, 0.2) is 36.4 Å². The normalized spacial score (nSPS) is 10.1. The van der Waals surface area contributed by atoms with E-state index in [4.69, 9.17) is 10.5 Å². The molecule has 0 radical (unpaired) electrons. The van der Waals surface area contributed by atoms with Crippen LogP contribution in [-0.4, -0.2) is 18.9 Å². The molecule has 7 heteroatoms. The molecule has 0 saturated carbocycles. The van der Waals surface area contributed by atoms with Gasteiger partial charge in [0.1, 0.15) is 17.4 Å². The summed E-state index contributed by atoms with van der Waals surface area (Å²) in [6.07, 6.45) is 0. The van der Waals surface area contributed by atoms with Crippen LogP contribution in [0.3, 0.4) is 0 Å². The average Bonchev–Trinajstić information content (AvgIpc) is 2.48. The maximum Gasteiger partial charge on any atom is 0.259 e. The Kier molecular flexibility index (Phi) is 4.36. The van der Waals surface area contributed by atoms with Crippen LogP contribution in [-0.2, 0) is 0 Å². The Morgan fingerprint density at radius 1 is 1.09 bits per heavy atom. The molecule has 2 amide bonds. The average molecular weight is 306 g/mol. The molecular formula is C15H12F2N2O3. The summed E-state index contributed by atoms with van der Waals surface area (Å²) in [6.45, 7) is 0. The van der Waals surface area contributed by atoms with Gasteiger partial charge in [0.25, 0.3) is 11.8 Å². The van der Waals surface area contributed by atoms with E-state index in [0.29, 0.717) is 0 Å². The van der Waals surface area contributed by atoms with Crippen LogP contribution >= 0.6 is 0 Å². The van der Waals surface area contributed by atoms with Crippen LogP contribution < -0.4 is 15.8 Å². The zero-order chi connectivity index (χ0) is 16.3. The molecule has 0 fully saturated rings. The highest BCUT2D eigenvalue weighted by molar-refractivity contribution is 6.06. The molecule has 0 unspecified atom stereocenters. The Bertz CT molecular complexity index is 748.